The van der Waals surface area contributed by atoms with Gasteiger partial charge in [0.1, 0.15) is 6.04 Å². The van der Waals surface area contributed by atoms with E-state index < -0.39 is 23.8 Å². The molecule has 3 amide bonds. The van der Waals surface area contributed by atoms with Crippen molar-refractivity contribution in [2.24, 2.45) is 0 Å². The predicted octanol–water partition coefficient (Wildman–Crippen LogP) is 4.68. The number of carbonyl (C=O) groups is 4. The fourth-order valence-corrected chi connectivity index (χ4v) is 4.38. The van der Waals surface area contributed by atoms with Crippen molar-refractivity contribution in [3.8, 4) is 0 Å². The summed E-state index contributed by atoms with van der Waals surface area (Å²) in [5.41, 5.74) is 1.98. The minimum atomic E-state index is -1.01. The number of esters is 1. The van der Waals surface area contributed by atoms with Crippen LogP contribution in [0, 0.1) is 0 Å². The Bertz CT molecular complexity index is 1310. The summed E-state index contributed by atoms with van der Waals surface area (Å²) in [5, 5.41) is 0.998. The molecule has 0 spiro atoms. The van der Waals surface area contributed by atoms with Gasteiger partial charge < -0.3 is 9.64 Å². The molecule has 1 heterocycles. The van der Waals surface area contributed by atoms with Crippen molar-refractivity contribution in [3.05, 3.63) is 99.5 Å². The summed E-state index contributed by atoms with van der Waals surface area (Å²) < 4.78 is 4.69. The molecular formula is C27H22Cl2N2O5. The van der Waals surface area contributed by atoms with E-state index in [1.165, 1.54) is 36.3 Å². The van der Waals surface area contributed by atoms with Gasteiger partial charge in [-0.05, 0) is 53.6 Å². The second-order valence-corrected chi connectivity index (χ2v) is 9.09. The molecule has 1 atom stereocenters. The Kier molecular flexibility index (Phi) is 7.72. The number of ether oxygens (including phenoxy) is 1. The Morgan fingerprint density at radius 2 is 1.64 bits per heavy atom. The molecule has 9 heteroatoms. The van der Waals surface area contributed by atoms with Crippen LogP contribution >= 0.6 is 23.2 Å². The largest absolute Gasteiger partial charge is 0.465 e. The van der Waals surface area contributed by atoms with Crippen molar-refractivity contribution in [1.29, 1.82) is 0 Å². The van der Waals surface area contributed by atoms with Crippen LogP contribution in [-0.2, 0) is 32.1 Å². The Hall–Kier alpha value is -3.68. The second-order valence-electron chi connectivity index (χ2n) is 8.24. The van der Waals surface area contributed by atoms with Gasteiger partial charge in [-0.3, -0.25) is 14.4 Å². The first kappa shape index (κ1) is 25.4. The molecule has 7 nitrogen and oxygen atoms in total. The molecule has 1 saturated heterocycles. The van der Waals surface area contributed by atoms with Crippen LogP contribution in [0.4, 0.5) is 5.69 Å². The third-order valence-electron chi connectivity index (χ3n) is 5.93. The number of hydrogen-bond acceptors (Lipinski definition) is 5. The third-order valence-corrected chi connectivity index (χ3v) is 6.55. The monoisotopic (exact) mass is 524 g/mol. The van der Waals surface area contributed by atoms with Gasteiger partial charge in [-0.15, -0.1) is 0 Å². The maximum Gasteiger partial charge on any atom is 0.337 e. The zero-order valence-electron chi connectivity index (χ0n) is 19.3. The number of benzene rings is 3. The summed E-state index contributed by atoms with van der Waals surface area (Å²) in [5.74, 6) is -1.83. The number of carbonyl (C=O) groups excluding carboxylic acids is 4. The summed E-state index contributed by atoms with van der Waals surface area (Å²) in [6.45, 7) is 0.0604. The SMILES string of the molecule is COC(=O)c1ccc(N2C(=O)CC(N(Cc3ccccc3Cl)C(=O)Cc3ccc(Cl)cc3)C2=O)cc1. The molecule has 0 bridgehead atoms. The van der Waals surface area contributed by atoms with E-state index in [9.17, 15) is 19.2 Å². The first-order chi connectivity index (χ1) is 17.3. The zero-order valence-corrected chi connectivity index (χ0v) is 20.8. The van der Waals surface area contributed by atoms with E-state index in [2.05, 4.69) is 0 Å². The van der Waals surface area contributed by atoms with E-state index in [0.717, 1.165) is 10.5 Å². The average molecular weight is 525 g/mol. The lowest BCUT2D eigenvalue weighted by Gasteiger charge is -2.28. The van der Waals surface area contributed by atoms with E-state index in [4.69, 9.17) is 27.9 Å². The third kappa shape index (κ3) is 5.42. The zero-order chi connectivity index (χ0) is 25.8. The lowest BCUT2D eigenvalue weighted by atomic mass is 10.1. The molecule has 0 aromatic heterocycles. The fourth-order valence-electron chi connectivity index (χ4n) is 4.06. The lowest BCUT2D eigenvalue weighted by Crippen LogP contribution is -2.45. The van der Waals surface area contributed by atoms with Gasteiger partial charge in [0.25, 0.3) is 5.91 Å². The summed E-state index contributed by atoms with van der Waals surface area (Å²) in [4.78, 5) is 54.1. The molecule has 0 radical (unpaired) electrons. The number of imide groups is 1. The Balaban J connectivity index is 1.63. The Morgan fingerprint density at radius 1 is 0.972 bits per heavy atom. The molecule has 0 saturated carbocycles. The lowest BCUT2D eigenvalue weighted by molar-refractivity contribution is -0.138. The smallest absolute Gasteiger partial charge is 0.337 e. The second kappa shape index (κ2) is 10.9. The number of amides is 3. The highest BCUT2D eigenvalue weighted by molar-refractivity contribution is 6.31. The Morgan fingerprint density at radius 3 is 2.28 bits per heavy atom. The topological polar surface area (TPSA) is 84.0 Å². The van der Waals surface area contributed by atoms with Crippen molar-refractivity contribution >= 4 is 52.6 Å². The van der Waals surface area contributed by atoms with E-state index in [1.54, 1.807) is 48.5 Å². The first-order valence-corrected chi connectivity index (χ1v) is 11.9. The van der Waals surface area contributed by atoms with E-state index in [1.807, 2.05) is 0 Å². The highest BCUT2D eigenvalue weighted by atomic mass is 35.5. The van der Waals surface area contributed by atoms with Crippen LogP contribution in [0.1, 0.15) is 27.9 Å². The summed E-state index contributed by atoms with van der Waals surface area (Å²) >= 11 is 12.3. The Labute approximate surface area is 218 Å². The maximum atomic E-state index is 13.5. The van der Waals surface area contributed by atoms with Crippen molar-refractivity contribution < 1.29 is 23.9 Å². The van der Waals surface area contributed by atoms with Crippen LogP contribution in [0.25, 0.3) is 0 Å². The molecule has 36 heavy (non-hydrogen) atoms. The number of hydrogen-bond donors (Lipinski definition) is 0. The number of halogens is 2. The van der Waals surface area contributed by atoms with Crippen molar-refractivity contribution in [2.75, 3.05) is 12.0 Å². The van der Waals surface area contributed by atoms with Crippen LogP contribution in [0.5, 0.6) is 0 Å². The normalized spacial score (nSPS) is 15.2. The van der Waals surface area contributed by atoms with E-state index in [-0.39, 0.29) is 30.9 Å². The van der Waals surface area contributed by atoms with Gasteiger partial charge in [0, 0.05) is 16.6 Å². The average Bonchev–Trinajstić information content (AvgIpc) is 3.17. The summed E-state index contributed by atoms with van der Waals surface area (Å²) in [6, 6.07) is 18.8. The van der Waals surface area contributed by atoms with E-state index in [0.29, 0.717) is 21.3 Å². The number of rotatable bonds is 7. The van der Waals surface area contributed by atoms with Crippen LogP contribution < -0.4 is 4.90 Å². The molecule has 1 unspecified atom stereocenters. The minimum absolute atomic E-state index is 0.0212. The molecule has 1 aliphatic rings. The van der Waals surface area contributed by atoms with Crippen molar-refractivity contribution in [1.82, 2.24) is 4.90 Å². The molecule has 1 fully saturated rings. The molecule has 0 N–H and O–H groups in total. The summed E-state index contributed by atoms with van der Waals surface area (Å²) in [6.07, 6.45) is -0.151. The minimum Gasteiger partial charge on any atom is -0.465 e. The molecule has 3 aromatic carbocycles. The van der Waals surface area contributed by atoms with Gasteiger partial charge in [0.2, 0.25) is 11.8 Å². The number of nitrogens with zero attached hydrogens (tertiary/aromatic N) is 2. The van der Waals surface area contributed by atoms with Gasteiger partial charge in [-0.25, -0.2) is 9.69 Å². The van der Waals surface area contributed by atoms with Gasteiger partial charge >= 0.3 is 5.97 Å². The molecule has 0 aliphatic carbocycles. The van der Waals surface area contributed by atoms with Crippen LogP contribution in [0.3, 0.4) is 0 Å². The van der Waals surface area contributed by atoms with Gasteiger partial charge in [-0.1, -0.05) is 53.5 Å². The molecule has 1 aliphatic heterocycles. The van der Waals surface area contributed by atoms with E-state index >= 15 is 0 Å². The molecular weight excluding hydrogens is 503 g/mol. The number of anilines is 1. The van der Waals surface area contributed by atoms with Gasteiger partial charge in [-0.2, -0.15) is 0 Å². The van der Waals surface area contributed by atoms with Gasteiger partial charge in [0.15, 0.2) is 0 Å². The highest BCUT2D eigenvalue weighted by Crippen LogP contribution is 2.29. The highest BCUT2D eigenvalue weighted by Gasteiger charge is 2.44. The molecule has 4 rings (SSSR count). The fraction of sp³-hybridized carbons (Fsp3) is 0.185. The van der Waals surface area contributed by atoms with Gasteiger partial charge in [0.05, 0.1) is 31.2 Å². The van der Waals surface area contributed by atoms with Crippen molar-refractivity contribution in [2.45, 2.75) is 25.4 Å². The van der Waals surface area contributed by atoms with Crippen molar-refractivity contribution in [3.63, 3.8) is 0 Å². The standard InChI is InChI=1S/C27H22Cl2N2O5/c1-36-27(35)18-8-12-21(13-9-18)31-25(33)15-23(26(31)34)30(16-19-4-2-3-5-22(19)29)24(32)14-17-6-10-20(28)11-7-17/h2-13,23H,14-16H2,1H3. The number of methoxy groups -OCH3 is 1. The maximum absolute atomic E-state index is 13.5. The molecule has 3 aromatic rings. The van der Waals surface area contributed by atoms with Crippen LogP contribution in [-0.4, -0.2) is 41.7 Å². The first-order valence-electron chi connectivity index (χ1n) is 11.1. The molecule has 184 valence electrons. The summed E-state index contributed by atoms with van der Waals surface area (Å²) in [7, 11) is 1.27. The van der Waals surface area contributed by atoms with Crippen LogP contribution in [0.15, 0.2) is 72.8 Å². The van der Waals surface area contributed by atoms with Crippen LogP contribution in [0.2, 0.25) is 10.0 Å². The predicted molar refractivity (Wildman–Crippen MR) is 136 cm³/mol. The quantitative estimate of drug-likeness (QED) is 0.330.